The average Bonchev–Trinajstić information content (AvgIpc) is 2.60. The highest BCUT2D eigenvalue weighted by atomic mass is 27.2. The van der Waals surface area contributed by atoms with Crippen molar-refractivity contribution < 1.29 is 0 Å². The third kappa shape index (κ3) is 2.56. The van der Waals surface area contributed by atoms with Crippen LogP contribution in [0.15, 0.2) is 20.0 Å². The Balaban J connectivity index is 2.36. The Morgan fingerprint density at radius 2 is 1.59 bits per heavy atom. The van der Waals surface area contributed by atoms with Crippen molar-refractivity contribution in [1.82, 2.24) is 0 Å². The molecule has 0 unspecified atom stereocenters. The molecule has 0 aromatic heterocycles. The second-order valence-electron chi connectivity index (χ2n) is 5.59. The van der Waals surface area contributed by atoms with Gasteiger partial charge in [-0.2, -0.15) is 0 Å². The van der Waals surface area contributed by atoms with Crippen molar-refractivity contribution >= 4 is 14.1 Å². The molecule has 0 saturated carbocycles. The number of allylic oxidation sites excluding steroid dienone is 4. The molecule has 0 amide bonds. The van der Waals surface area contributed by atoms with Crippen LogP contribution in [0.3, 0.4) is 0 Å². The fraction of sp³-hybridized carbons (Fsp3) is 0.750. The van der Waals surface area contributed by atoms with Gasteiger partial charge in [-0.05, 0) is 32.1 Å². The Bertz CT molecular complexity index is 335. The fourth-order valence-corrected chi connectivity index (χ4v) is 8.01. The van der Waals surface area contributed by atoms with E-state index < -0.39 is 14.1 Å². The maximum absolute atomic E-state index is 2.44. The van der Waals surface area contributed by atoms with Crippen LogP contribution in [0.25, 0.3) is 0 Å². The maximum Gasteiger partial charge on any atom is 0.335 e. The zero-order chi connectivity index (χ0) is 12.3. The molecule has 2 rings (SSSR count). The van der Waals surface area contributed by atoms with Gasteiger partial charge in [0.25, 0.3) is 0 Å². The molecule has 1 aliphatic heterocycles. The summed E-state index contributed by atoms with van der Waals surface area (Å²) in [6.45, 7) is 7.20. The van der Waals surface area contributed by atoms with Crippen LogP contribution in [0.2, 0.25) is 5.28 Å². The Kier molecular flexibility index (Phi) is 4.95. The van der Waals surface area contributed by atoms with Crippen LogP contribution < -0.4 is 0 Å². The van der Waals surface area contributed by atoms with E-state index in [1.807, 2.05) is 20.0 Å². The van der Waals surface area contributed by atoms with E-state index in [1.165, 1.54) is 56.6 Å². The van der Waals surface area contributed by atoms with Crippen molar-refractivity contribution in [3.63, 3.8) is 0 Å². The first-order valence-electron chi connectivity index (χ1n) is 7.77. The lowest BCUT2D eigenvalue weighted by Crippen LogP contribution is -2.16. The van der Waals surface area contributed by atoms with Crippen molar-refractivity contribution in [3.05, 3.63) is 20.0 Å². The highest BCUT2D eigenvalue weighted by Gasteiger charge is 2.34. The van der Waals surface area contributed by atoms with Gasteiger partial charge in [0.1, 0.15) is 0 Å². The Hall–Kier alpha value is 0.0125. The molecule has 1 heteroatoms. The minimum absolute atomic E-state index is 0.680. The molecule has 0 aromatic rings. The van der Waals surface area contributed by atoms with Gasteiger partial charge in [-0.3, -0.25) is 0 Å². The lowest BCUT2D eigenvalue weighted by atomic mass is 9.93. The SMILES string of the molecule is CCC1=[C](CC)[Al]([CH2]C)[C]2=C1CCCCCC2. The van der Waals surface area contributed by atoms with Gasteiger partial charge >= 0.3 is 14.1 Å². The summed E-state index contributed by atoms with van der Waals surface area (Å²) in [6.07, 6.45) is 11.4. The van der Waals surface area contributed by atoms with Crippen LogP contribution in [0.4, 0.5) is 0 Å². The number of hydrogen-bond donors (Lipinski definition) is 0. The molecule has 0 spiro atoms. The van der Waals surface area contributed by atoms with E-state index in [4.69, 9.17) is 0 Å². The molecular weight excluding hydrogens is 219 g/mol. The summed E-state index contributed by atoms with van der Waals surface area (Å²) < 4.78 is 3.92. The molecule has 0 aromatic carbocycles. The van der Waals surface area contributed by atoms with E-state index in [0.717, 1.165) is 0 Å². The van der Waals surface area contributed by atoms with Crippen molar-refractivity contribution in [2.75, 3.05) is 0 Å². The zero-order valence-electron chi connectivity index (χ0n) is 11.9. The lowest BCUT2D eigenvalue weighted by molar-refractivity contribution is 0.622. The first kappa shape index (κ1) is 13.4. The summed E-state index contributed by atoms with van der Waals surface area (Å²) in [5.41, 5.74) is 3.69. The normalized spacial score (nSPS) is 21.7. The summed E-state index contributed by atoms with van der Waals surface area (Å²) in [4.78, 5) is 0. The van der Waals surface area contributed by atoms with E-state index in [9.17, 15) is 0 Å². The monoisotopic (exact) mass is 246 g/mol. The van der Waals surface area contributed by atoms with Crippen molar-refractivity contribution in [3.8, 4) is 0 Å². The molecule has 1 aliphatic carbocycles. The van der Waals surface area contributed by atoms with E-state index in [2.05, 4.69) is 20.8 Å². The first-order valence-corrected chi connectivity index (χ1v) is 9.74. The Morgan fingerprint density at radius 1 is 0.882 bits per heavy atom. The molecule has 0 saturated heterocycles. The van der Waals surface area contributed by atoms with Gasteiger partial charge in [0, 0.05) is 0 Å². The molecule has 0 atom stereocenters. The number of rotatable bonds is 3. The van der Waals surface area contributed by atoms with Gasteiger partial charge < -0.3 is 0 Å². The highest BCUT2D eigenvalue weighted by Crippen LogP contribution is 2.42. The summed E-state index contributed by atoms with van der Waals surface area (Å²) in [7, 11) is 0. The van der Waals surface area contributed by atoms with Crippen LogP contribution in [-0.2, 0) is 0 Å². The summed E-state index contributed by atoms with van der Waals surface area (Å²) in [5, 5.41) is 1.46. The van der Waals surface area contributed by atoms with Gasteiger partial charge in [0.05, 0.1) is 0 Å². The van der Waals surface area contributed by atoms with E-state index in [1.54, 1.807) is 0 Å². The summed E-state index contributed by atoms with van der Waals surface area (Å²) >= 11 is -0.680. The predicted octanol–water partition coefficient (Wildman–Crippen LogP) is 5.36. The topological polar surface area (TPSA) is 0 Å². The number of hydrogen-bond acceptors (Lipinski definition) is 0. The first-order chi connectivity index (χ1) is 8.33. The Labute approximate surface area is 112 Å². The third-order valence-corrected chi connectivity index (χ3v) is 8.64. The van der Waals surface area contributed by atoms with Gasteiger partial charge in [0.15, 0.2) is 0 Å². The molecule has 0 nitrogen and oxygen atoms in total. The molecular formula is C16H27Al. The molecule has 0 bridgehead atoms. The molecule has 17 heavy (non-hydrogen) atoms. The van der Waals surface area contributed by atoms with Crippen LogP contribution in [0, 0.1) is 0 Å². The van der Waals surface area contributed by atoms with E-state index >= 15 is 0 Å². The summed E-state index contributed by atoms with van der Waals surface area (Å²) in [6, 6.07) is 0. The van der Waals surface area contributed by atoms with Crippen LogP contribution in [0.5, 0.6) is 0 Å². The van der Waals surface area contributed by atoms with E-state index in [0.29, 0.717) is 0 Å². The molecule has 0 N–H and O–H groups in total. The molecule has 1 heterocycles. The van der Waals surface area contributed by atoms with Crippen LogP contribution in [0.1, 0.15) is 72.1 Å². The van der Waals surface area contributed by atoms with Crippen molar-refractivity contribution in [2.24, 2.45) is 0 Å². The van der Waals surface area contributed by atoms with Gasteiger partial charge in [-0.1, -0.05) is 56.5 Å². The predicted molar refractivity (Wildman–Crippen MR) is 78.6 cm³/mol. The van der Waals surface area contributed by atoms with Gasteiger partial charge in [-0.25, -0.2) is 0 Å². The van der Waals surface area contributed by atoms with Crippen LogP contribution in [-0.4, -0.2) is 14.1 Å². The van der Waals surface area contributed by atoms with Gasteiger partial charge in [0.2, 0.25) is 0 Å². The fourth-order valence-electron chi connectivity index (χ4n) is 4.02. The quantitative estimate of drug-likeness (QED) is 0.588. The van der Waals surface area contributed by atoms with E-state index in [-0.39, 0.29) is 0 Å². The third-order valence-electron chi connectivity index (χ3n) is 4.75. The molecule has 94 valence electrons. The minimum Gasteiger partial charge on any atom is -0.122 e. The smallest absolute Gasteiger partial charge is 0.122 e. The summed E-state index contributed by atoms with van der Waals surface area (Å²) in [5.74, 6) is 0. The zero-order valence-corrected chi connectivity index (χ0v) is 13.1. The lowest BCUT2D eigenvalue weighted by Gasteiger charge is -2.17. The average molecular weight is 246 g/mol. The second-order valence-corrected chi connectivity index (χ2v) is 8.91. The standard InChI is InChI=1S/C14H22.C2H5.Al/c1-3-10-13(4-2)14-11-8-6-5-7-9-12-14;1-2;/h3-9,11H2,1-2H3;1H2,2H3;. The van der Waals surface area contributed by atoms with Crippen molar-refractivity contribution in [1.29, 1.82) is 0 Å². The second kappa shape index (κ2) is 6.26. The molecule has 0 radical (unpaired) electrons. The molecule has 2 aliphatic rings. The maximum atomic E-state index is 2.44. The molecule has 0 fully saturated rings. The minimum atomic E-state index is -0.680. The largest absolute Gasteiger partial charge is 0.335 e. The van der Waals surface area contributed by atoms with Crippen LogP contribution >= 0.6 is 0 Å². The Morgan fingerprint density at radius 3 is 2.18 bits per heavy atom. The highest BCUT2D eigenvalue weighted by molar-refractivity contribution is 6.75. The van der Waals surface area contributed by atoms with Crippen molar-refractivity contribution in [2.45, 2.75) is 77.4 Å². The van der Waals surface area contributed by atoms with Gasteiger partial charge in [-0.15, -0.1) is 8.87 Å².